The summed E-state index contributed by atoms with van der Waals surface area (Å²) in [6.07, 6.45) is 4.44. The van der Waals surface area contributed by atoms with Gasteiger partial charge in [-0.15, -0.1) is 0 Å². The Morgan fingerprint density at radius 2 is 1.52 bits per heavy atom. The van der Waals surface area contributed by atoms with Crippen LogP contribution >= 0.6 is 0 Å². The highest BCUT2D eigenvalue weighted by molar-refractivity contribution is 7.92. The third-order valence-corrected chi connectivity index (χ3v) is 9.33. The molecular formula is C32H39N3O4S. The number of anilines is 1. The lowest BCUT2D eigenvalue weighted by Gasteiger charge is -2.34. The van der Waals surface area contributed by atoms with Crippen molar-refractivity contribution in [2.45, 2.75) is 76.4 Å². The van der Waals surface area contributed by atoms with E-state index in [4.69, 9.17) is 0 Å². The first-order valence-electron chi connectivity index (χ1n) is 14.0. The van der Waals surface area contributed by atoms with Crippen LogP contribution in [0.5, 0.6) is 0 Å². The van der Waals surface area contributed by atoms with E-state index in [0.29, 0.717) is 12.1 Å². The summed E-state index contributed by atoms with van der Waals surface area (Å²) in [6, 6.07) is 22.4. The Kier molecular flexibility index (Phi) is 9.63. The zero-order chi connectivity index (χ0) is 28.7. The van der Waals surface area contributed by atoms with Crippen molar-refractivity contribution in [3.8, 4) is 0 Å². The average molecular weight is 562 g/mol. The molecule has 0 spiro atoms. The van der Waals surface area contributed by atoms with E-state index in [1.54, 1.807) is 35.2 Å². The molecule has 1 aliphatic carbocycles. The number of benzene rings is 3. The molecule has 3 aromatic carbocycles. The normalized spacial score (nSPS) is 14.5. The highest BCUT2D eigenvalue weighted by Crippen LogP contribution is 2.27. The van der Waals surface area contributed by atoms with Crippen molar-refractivity contribution in [3.05, 3.63) is 95.6 Å². The molecule has 0 bridgehead atoms. The number of carbonyl (C=O) groups excluding carboxylic acids is 2. The van der Waals surface area contributed by atoms with E-state index in [0.717, 1.165) is 42.4 Å². The van der Waals surface area contributed by atoms with E-state index < -0.39 is 28.5 Å². The molecule has 0 radical (unpaired) electrons. The van der Waals surface area contributed by atoms with Gasteiger partial charge >= 0.3 is 0 Å². The molecule has 40 heavy (non-hydrogen) atoms. The number of carbonyl (C=O) groups is 2. The largest absolute Gasteiger partial charge is 0.352 e. The van der Waals surface area contributed by atoms with Crippen molar-refractivity contribution >= 4 is 27.5 Å². The van der Waals surface area contributed by atoms with Crippen LogP contribution in [0.25, 0.3) is 0 Å². The maximum absolute atomic E-state index is 14.2. The fourth-order valence-corrected chi connectivity index (χ4v) is 6.75. The van der Waals surface area contributed by atoms with E-state index in [9.17, 15) is 18.0 Å². The predicted molar refractivity (Wildman–Crippen MR) is 158 cm³/mol. The zero-order valence-electron chi connectivity index (χ0n) is 23.5. The highest BCUT2D eigenvalue weighted by atomic mass is 32.2. The molecule has 212 valence electrons. The van der Waals surface area contributed by atoms with Gasteiger partial charge in [0.05, 0.1) is 10.6 Å². The number of nitrogens with zero attached hydrogens (tertiary/aromatic N) is 2. The highest BCUT2D eigenvalue weighted by Gasteiger charge is 2.34. The first-order chi connectivity index (χ1) is 19.2. The number of nitrogens with one attached hydrogen (secondary N) is 1. The first-order valence-corrected chi connectivity index (χ1v) is 15.4. The monoisotopic (exact) mass is 561 g/mol. The van der Waals surface area contributed by atoms with Crippen LogP contribution in [0.2, 0.25) is 0 Å². The number of hydrogen-bond acceptors (Lipinski definition) is 4. The molecule has 0 heterocycles. The minimum absolute atomic E-state index is 0.0992. The minimum atomic E-state index is -4.07. The molecule has 4 rings (SSSR count). The fourth-order valence-electron chi connectivity index (χ4n) is 5.25. The van der Waals surface area contributed by atoms with Gasteiger partial charge in [-0.1, -0.05) is 86.0 Å². The van der Waals surface area contributed by atoms with Gasteiger partial charge in [-0.05, 0) is 62.4 Å². The summed E-state index contributed by atoms with van der Waals surface area (Å²) in [5.41, 5.74) is 3.12. The van der Waals surface area contributed by atoms with Crippen LogP contribution < -0.4 is 9.62 Å². The van der Waals surface area contributed by atoms with Gasteiger partial charge in [0.15, 0.2) is 0 Å². The summed E-state index contributed by atoms with van der Waals surface area (Å²) in [5, 5.41) is 3.15. The molecular weight excluding hydrogens is 522 g/mol. The number of amides is 2. The second-order valence-electron chi connectivity index (χ2n) is 10.5. The summed E-state index contributed by atoms with van der Waals surface area (Å²) in [4.78, 5) is 29.3. The van der Waals surface area contributed by atoms with Crippen molar-refractivity contribution in [1.29, 1.82) is 0 Å². The molecule has 1 unspecified atom stereocenters. The molecule has 1 saturated carbocycles. The van der Waals surface area contributed by atoms with Crippen molar-refractivity contribution in [3.63, 3.8) is 0 Å². The smallest absolute Gasteiger partial charge is 0.264 e. The maximum atomic E-state index is 14.2. The van der Waals surface area contributed by atoms with E-state index in [1.807, 2.05) is 57.2 Å². The van der Waals surface area contributed by atoms with Gasteiger partial charge in [0.1, 0.15) is 12.6 Å². The fraction of sp³-hybridized carbons (Fsp3) is 0.375. The van der Waals surface area contributed by atoms with Gasteiger partial charge in [0, 0.05) is 12.6 Å². The number of rotatable bonds is 11. The van der Waals surface area contributed by atoms with Crippen LogP contribution in [0.3, 0.4) is 0 Å². The van der Waals surface area contributed by atoms with Gasteiger partial charge in [-0.25, -0.2) is 8.42 Å². The summed E-state index contributed by atoms with van der Waals surface area (Å²) in [5.74, 6) is -0.625. The summed E-state index contributed by atoms with van der Waals surface area (Å²) >= 11 is 0. The number of aryl methyl sites for hydroxylation is 2. The lowest BCUT2D eigenvalue weighted by Crippen LogP contribution is -2.53. The van der Waals surface area contributed by atoms with Crippen LogP contribution in [0.1, 0.15) is 55.7 Å². The third-order valence-electron chi connectivity index (χ3n) is 7.56. The van der Waals surface area contributed by atoms with Crippen molar-refractivity contribution in [2.75, 3.05) is 10.8 Å². The average Bonchev–Trinajstić information content (AvgIpc) is 3.46. The second kappa shape index (κ2) is 13.1. The molecule has 1 atom stereocenters. The van der Waals surface area contributed by atoms with Gasteiger partial charge < -0.3 is 10.2 Å². The summed E-state index contributed by atoms with van der Waals surface area (Å²) < 4.78 is 29.0. The van der Waals surface area contributed by atoms with Gasteiger partial charge in [0.25, 0.3) is 10.0 Å². The Labute approximate surface area is 238 Å². The molecule has 2 amide bonds. The molecule has 0 aliphatic heterocycles. The minimum Gasteiger partial charge on any atom is -0.352 e. The first kappa shape index (κ1) is 29.3. The molecule has 8 heteroatoms. The molecule has 3 aromatic rings. The van der Waals surface area contributed by atoms with Crippen LogP contribution in [0, 0.1) is 13.8 Å². The number of para-hydroxylation sites is 1. The van der Waals surface area contributed by atoms with E-state index in [-0.39, 0.29) is 23.4 Å². The molecule has 1 aliphatic rings. The summed E-state index contributed by atoms with van der Waals surface area (Å²) in [7, 11) is -4.07. The Bertz CT molecular complexity index is 1400. The maximum Gasteiger partial charge on any atom is 0.264 e. The Balaban J connectivity index is 1.71. The molecule has 7 nitrogen and oxygen atoms in total. The summed E-state index contributed by atoms with van der Waals surface area (Å²) in [6.45, 7) is 5.46. The topological polar surface area (TPSA) is 86.8 Å². The van der Waals surface area contributed by atoms with E-state index >= 15 is 0 Å². The van der Waals surface area contributed by atoms with Crippen LogP contribution in [0.15, 0.2) is 83.8 Å². The van der Waals surface area contributed by atoms with Gasteiger partial charge in [-0.2, -0.15) is 0 Å². The molecule has 0 aromatic heterocycles. The lowest BCUT2D eigenvalue weighted by molar-refractivity contribution is -0.140. The second-order valence-corrected chi connectivity index (χ2v) is 12.4. The van der Waals surface area contributed by atoms with Crippen molar-refractivity contribution < 1.29 is 18.0 Å². The SMILES string of the molecule is CCC(C(=O)NC1CCCC1)N(Cc1ccc(C)cc1)C(=O)CN(c1ccccc1C)S(=O)(=O)c1ccccc1. The van der Waals surface area contributed by atoms with Crippen molar-refractivity contribution in [2.24, 2.45) is 0 Å². The predicted octanol–water partition coefficient (Wildman–Crippen LogP) is 5.36. The van der Waals surface area contributed by atoms with E-state index in [1.165, 1.54) is 16.4 Å². The zero-order valence-corrected chi connectivity index (χ0v) is 24.4. The Morgan fingerprint density at radius 1 is 0.900 bits per heavy atom. The molecule has 1 fully saturated rings. The lowest BCUT2D eigenvalue weighted by atomic mass is 10.1. The van der Waals surface area contributed by atoms with Gasteiger partial charge in [0.2, 0.25) is 11.8 Å². The van der Waals surface area contributed by atoms with Crippen LogP contribution in [-0.2, 0) is 26.2 Å². The van der Waals surface area contributed by atoms with E-state index in [2.05, 4.69) is 5.32 Å². The van der Waals surface area contributed by atoms with Gasteiger partial charge in [-0.3, -0.25) is 13.9 Å². The van der Waals surface area contributed by atoms with Crippen LogP contribution in [-0.4, -0.2) is 43.8 Å². The number of hydrogen-bond donors (Lipinski definition) is 1. The van der Waals surface area contributed by atoms with Crippen molar-refractivity contribution in [1.82, 2.24) is 10.2 Å². The van der Waals surface area contributed by atoms with Crippen LogP contribution in [0.4, 0.5) is 5.69 Å². The standard InChI is InChI=1S/C32H39N3O4S/c1-4-29(32(37)33-27-13-9-10-14-27)34(22-26-20-18-24(2)19-21-26)31(36)23-35(30-17-11-8-12-25(30)3)40(38,39)28-15-6-5-7-16-28/h5-8,11-12,15-21,27,29H,4,9-10,13-14,22-23H2,1-3H3,(H,33,37). The molecule has 0 saturated heterocycles. The third kappa shape index (κ3) is 6.91. The number of sulfonamides is 1. The molecule has 1 N–H and O–H groups in total. The quantitative estimate of drug-likeness (QED) is 0.341. The Hall–Kier alpha value is -3.65. The Morgan fingerprint density at radius 3 is 2.15 bits per heavy atom.